The lowest BCUT2D eigenvalue weighted by Gasteiger charge is -2.50. The molecule has 1 atom stereocenters. The van der Waals surface area contributed by atoms with Crippen LogP contribution in [0.5, 0.6) is 0 Å². The molecule has 0 N–H and O–H groups in total. The Morgan fingerprint density at radius 3 is 2.50 bits per heavy atom. The summed E-state index contributed by atoms with van der Waals surface area (Å²) < 4.78 is 5.00. The van der Waals surface area contributed by atoms with Crippen LogP contribution in [0.15, 0.2) is 30.3 Å². The van der Waals surface area contributed by atoms with Crippen molar-refractivity contribution < 1.29 is 14.3 Å². The van der Waals surface area contributed by atoms with Crippen LogP contribution in [0.1, 0.15) is 43.6 Å². The molecule has 1 aromatic carbocycles. The Labute approximate surface area is 155 Å². The average Bonchev–Trinajstić information content (AvgIpc) is 3.50. The van der Waals surface area contributed by atoms with Gasteiger partial charge in [0.25, 0.3) is 0 Å². The Morgan fingerprint density at radius 2 is 1.88 bits per heavy atom. The van der Waals surface area contributed by atoms with E-state index in [1.165, 1.54) is 0 Å². The van der Waals surface area contributed by atoms with Crippen molar-refractivity contribution >= 4 is 11.8 Å². The number of carbonyl (C=O) groups excluding carboxylic acids is 2. The zero-order chi connectivity index (χ0) is 18.1. The first-order chi connectivity index (χ1) is 12.6. The van der Waals surface area contributed by atoms with Crippen LogP contribution in [0.4, 0.5) is 0 Å². The van der Waals surface area contributed by atoms with Gasteiger partial charge < -0.3 is 14.5 Å². The Morgan fingerprint density at radius 1 is 1.19 bits per heavy atom. The molecule has 2 amide bonds. The number of carbonyl (C=O) groups is 2. The van der Waals surface area contributed by atoms with Crippen molar-refractivity contribution in [3.63, 3.8) is 0 Å². The zero-order valence-electron chi connectivity index (χ0n) is 15.5. The van der Waals surface area contributed by atoms with Crippen molar-refractivity contribution in [3.05, 3.63) is 35.9 Å². The molecule has 0 bridgehead atoms. The number of benzene rings is 1. The van der Waals surface area contributed by atoms with E-state index in [4.69, 9.17) is 4.74 Å². The van der Waals surface area contributed by atoms with Gasteiger partial charge >= 0.3 is 0 Å². The number of nitrogens with zero attached hydrogens (tertiary/aromatic N) is 2. The fourth-order valence-corrected chi connectivity index (χ4v) is 4.67. The highest BCUT2D eigenvalue weighted by Gasteiger charge is 2.49. The maximum absolute atomic E-state index is 13.1. The van der Waals surface area contributed by atoms with E-state index in [-0.39, 0.29) is 23.8 Å². The molecular formula is C21H28N2O3. The maximum Gasteiger partial charge on any atom is 0.248 e. The second-order valence-corrected chi connectivity index (χ2v) is 8.18. The molecule has 1 saturated carbocycles. The third-order valence-electron chi connectivity index (χ3n) is 6.36. The van der Waals surface area contributed by atoms with Crippen LogP contribution in [0, 0.1) is 5.41 Å². The maximum atomic E-state index is 13.1. The minimum Gasteiger partial charge on any atom is -0.375 e. The number of methoxy groups -OCH3 is 1. The molecule has 1 aliphatic carbocycles. The highest BCUT2D eigenvalue weighted by molar-refractivity contribution is 5.85. The molecule has 5 heteroatoms. The molecule has 1 aromatic rings. The van der Waals surface area contributed by atoms with Crippen LogP contribution in [0.3, 0.4) is 0 Å². The normalized spacial score (nSPS) is 25.6. The first kappa shape index (κ1) is 17.5. The Hall–Kier alpha value is -1.88. The summed E-state index contributed by atoms with van der Waals surface area (Å²) in [5.41, 5.74) is 1.28. The molecule has 2 saturated heterocycles. The van der Waals surface area contributed by atoms with Crippen LogP contribution in [-0.2, 0) is 14.3 Å². The van der Waals surface area contributed by atoms with Gasteiger partial charge in [-0.3, -0.25) is 9.59 Å². The summed E-state index contributed by atoms with van der Waals surface area (Å²) in [7, 11) is 1.56. The smallest absolute Gasteiger partial charge is 0.248 e. The van der Waals surface area contributed by atoms with E-state index in [1.54, 1.807) is 7.11 Å². The van der Waals surface area contributed by atoms with Crippen molar-refractivity contribution in [2.45, 2.75) is 44.1 Å². The van der Waals surface area contributed by atoms with Gasteiger partial charge in [0.05, 0.1) is 5.92 Å². The van der Waals surface area contributed by atoms with Gasteiger partial charge in [-0.25, -0.2) is 0 Å². The Balaban J connectivity index is 1.53. The fourth-order valence-electron chi connectivity index (χ4n) is 4.67. The predicted molar refractivity (Wildman–Crippen MR) is 98.7 cm³/mol. The SMILES string of the molecule is COCC(=O)N1CCC2(CC1)C[C@H](c1ccccc1)C(=O)N(C1CC1)C2. The zero-order valence-corrected chi connectivity index (χ0v) is 15.5. The molecule has 2 aliphatic heterocycles. The number of ether oxygens (including phenoxy) is 1. The van der Waals surface area contributed by atoms with E-state index in [2.05, 4.69) is 17.0 Å². The molecule has 0 radical (unpaired) electrons. The molecule has 0 aromatic heterocycles. The van der Waals surface area contributed by atoms with Crippen LogP contribution >= 0.6 is 0 Å². The van der Waals surface area contributed by atoms with E-state index in [0.717, 1.165) is 57.3 Å². The van der Waals surface area contributed by atoms with Gasteiger partial charge in [-0.1, -0.05) is 30.3 Å². The molecule has 4 rings (SSSR count). The van der Waals surface area contributed by atoms with E-state index >= 15 is 0 Å². The molecule has 0 unspecified atom stereocenters. The summed E-state index contributed by atoms with van der Waals surface area (Å²) in [5.74, 6) is 0.349. The van der Waals surface area contributed by atoms with Gasteiger partial charge in [-0.15, -0.1) is 0 Å². The summed E-state index contributed by atoms with van der Waals surface area (Å²) in [6.45, 7) is 2.57. The molecule has 1 spiro atoms. The van der Waals surface area contributed by atoms with Gasteiger partial charge in [0.2, 0.25) is 11.8 Å². The summed E-state index contributed by atoms with van der Waals surface area (Å²) >= 11 is 0. The highest BCUT2D eigenvalue weighted by Crippen LogP contribution is 2.48. The lowest BCUT2D eigenvalue weighted by molar-refractivity contribution is -0.146. The predicted octanol–water partition coefficient (Wildman–Crippen LogP) is 2.42. The third kappa shape index (κ3) is 3.37. The van der Waals surface area contributed by atoms with Crippen molar-refractivity contribution in [1.29, 1.82) is 0 Å². The van der Waals surface area contributed by atoms with Gasteiger partial charge in [0.15, 0.2) is 0 Å². The summed E-state index contributed by atoms with van der Waals surface area (Å²) in [6, 6.07) is 10.7. The number of hydrogen-bond acceptors (Lipinski definition) is 3. The molecule has 140 valence electrons. The van der Waals surface area contributed by atoms with Gasteiger partial charge in [0, 0.05) is 32.8 Å². The van der Waals surface area contributed by atoms with Crippen molar-refractivity contribution in [2.24, 2.45) is 5.41 Å². The highest BCUT2D eigenvalue weighted by atomic mass is 16.5. The summed E-state index contributed by atoms with van der Waals surface area (Å²) in [4.78, 5) is 29.3. The number of piperidine rings is 2. The minimum absolute atomic E-state index is 0.0354. The number of amides is 2. The van der Waals surface area contributed by atoms with Crippen LogP contribution in [0.2, 0.25) is 0 Å². The van der Waals surface area contributed by atoms with Gasteiger partial charge in [-0.2, -0.15) is 0 Å². The third-order valence-corrected chi connectivity index (χ3v) is 6.36. The van der Waals surface area contributed by atoms with E-state index in [1.807, 2.05) is 23.1 Å². The van der Waals surface area contributed by atoms with Crippen molar-refractivity contribution in [1.82, 2.24) is 9.80 Å². The summed E-state index contributed by atoms with van der Waals surface area (Å²) in [6.07, 6.45) is 5.14. The number of hydrogen-bond donors (Lipinski definition) is 0. The van der Waals surface area contributed by atoms with Crippen LogP contribution in [-0.4, -0.2) is 61.0 Å². The van der Waals surface area contributed by atoms with Gasteiger partial charge in [-0.05, 0) is 43.1 Å². The van der Waals surface area contributed by atoms with Crippen molar-refractivity contribution in [2.75, 3.05) is 33.4 Å². The molecule has 3 fully saturated rings. The Bertz CT molecular complexity index is 663. The van der Waals surface area contributed by atoms with Crippen LogP contribution < -0.4 is 0 Å². The van der Waals surface area contributed by atoms with Crippen molar-refractivity contribution in [3.8, 4) is 0 Å². The topological polar surface area (TPSA) is 49.9 Å². The van der Waals surface area contributed by atoms with E-state index < -0.39 is 0 Å². The minimum atomic E-state index is -0.0354. The second-order valence-electron chi connectivity index (χ2n) is 8.18. The standard InChI is InChI=1S/C21H28N2O3/c1-26-14-19(24)22-11-9-21(10-12-22)13-18(16-5-3-2-4-6-16)20(25)23(15-21)17-7-8-17/h2-6,17-18H,7-15H2,1H3/t18-/m1/s1. The number of rotatable bonds is 4. The number of likely N-dealkylation sites (tertiary alicyclic amines) is 2. The molecule has 3 aliphatic rings. The molecule has 5 nitrogen and oxygen atoms in total. The van der Waals surface area contributed by atoms with Gasteiger partial charge in [0.1, 0.15) is 6.61 Å². The monoisotopic (exact) mass is 356 g/mol. The van der Waals surface area contributed by atoms with E-state index in [0.29, 0.717) is 11.9 Å². The quantitative estimate of drug-likeness (QED) is 0.832. The lowest BCUT2D eigenvalue weighted by atomic mass is 9.67. The second kappa shape index (κ2) is 7.03. The average molecular weight is 356 g/mol. The molecular weight excluding hydrogens is 328 g/mol. The first-order valence-electron chi connectivity index (χ1n) is 9.74. The largest absolute Gasteiger partial charge is 0.375 e. The van der Waals surface area contributed by atoms with Crippen LogP contribution in [0.25, 0.3) is 0 Å². The molecule has 26 heavy (non-hydrogen) atoms. The first-order valence-corrected chi connectivity index (χ1v) is 9.74. The fraction of sp³-hybridized carbons (Fsp3) is 0.619. The molecule has 2 heterocycles. The summed E-state index contributed by atoms with van der Waals surface area (Å²) in [5, 5.41) is 0. The lowest BCUT2D eigenvalue weighted by Crippen LogP contribution is -2.55. The van der Waals surface area contributed by atoms with E-state index in [9.17, 15) is 9.59 Å². The Kier molecular flexibility index (Phi) is 4.74.